The largest absolute Gasteiger partial charge is 0.481 e. The summed E-state index contributed by atoms with van der Waals surface area (Å²) in [5.41, 5.74) is -0.333. The Morgan fingerprint density at radius 3 is 2.21 bits per heavy atom. The number of Topliss-reactive ketones (excluding diaryl/α,β-unsaturated/α-hetero) is 1. The number of nitrogens with zero attached hydrogens (tertiary/aromatic N) is 3. The molecule has 2 aromatic carbocycles. The Bertz CT molecular complexity index is 1610. The first kappa shape index (κ1) is 35.4. The molecule has 0 aliphatic carbocycles. The number of aromatic nitrogens is 2. The van der Waals surface area contributed by atoms with E-state index in [-0.39, 0.29) is 25.3 Å². The van der Waals surface area contributed by atoms with E-state index in [2.05, 4.69) is 15.7 Å². The van der Waals surface area contributed by atoms with Crippen molar-refractivity contribution >= 4 is 29.7 Å². The summed E-state index contributed by atoms with van der Waals surface area (Å²) < 4.78 is 51.6. The van der Waals surface area contributed by atoms with Crippen molar-refractivity contribution in [2.45, 2.75) is 57.6 Å². The monoisotopic (exact) mass is 673 g/mol. The first-order valence-electron chi connectivity index (χ1n) is 14.9. The minimum atomic E-state index is -4.82. The van der Waals surface area contributed by atoms with E-state index >= 15 is 0 Å². The minimum absolute atomic E-state index is 0.0266. The van der Waals surface area contributed by atoms with Crippen LogP contribution >= 0.6 is 0 Å². The number of para-hydroxylation sites is 1. The van der Waals surface area contributed by atoms with Gasteiger partial charge < -0.3 is 30.1 Å². The average molecular weight is 674 g/mol. The summed E-state index contributed by atoms with van der Waals surface area (Å²) >= 11 is 0. The number of nitrogens with one attached hydrogen (secondary N) is 2. The maximum Gasteiger partial charge on any atom is 0.435 e. The molecule has 13 nitrogen and oxygen atoms in total. The quantitative estimate of drug-likeness (QED) is 0.232. The van der Waals surface area contributed by atoms with Gasteiger partial charge in [0.05, 0.1) is 12.1 Å². The molecule has 1 aliphatic rings. The summed E-state index contributed by atoms with van der Waals surface area (Å²) in [6.45, 7) is 2.62. The number of aliphatic carboxylic acids is 1. The van der Waals surface area contributed by atoms with Crippen LogP contribution in [0.25, 0.3) is 5.69 Å². The third-order valence-corrected chi connectivity index (χ3v) is 7.44. The molecule has 3 atom stereocenters. The zero-order valence-electron chi connectivity index (χ0n) is 26.0. The van der Waals surface area contributed by atoms with Gasteiger partial charge in [0.25, 0.3) is 0 Å². The lowest BCUT2D eigenvalue weighted by Gasteiger charge is -2.42. The number of carboxylic acids is 1. The van der Waals surface area contributed by atoms with E-state index in [4.69, 9.17) is 9.47 Å². The Morgan fingerprint density at radius 1 is 1.00 bits per heavy atom. The number of rotatable bonds is 14. The highest BCUT2D eigenvalue weighted by Crippen LogP contribution is 2.32. The van der Waals surface area contributed by atoms with Crippen LogP contribution in [0.15, 0.2) is 66.7 Å². The van der Waals surface area contributed by atoms with Gasteiger partial charge in [-0.1, -0.05) is 62.4 Å². The van der Waals surface area contributed by atoms with Crippen molar-refractivity contribution in [2.24, 2.45) is 5.92 Å². The summed E-state index contributed by atoms with van der Waals surface area (Å²) in [5.74, 6) is -4.62. The molecule has 3 N–H and O–H groups in total. The van der Waals surface area contributed by atoms with Gasteiger partial charge in [-0.3, -0.25) is 19.2 Å². The summed E-state index contributed by atoms with van der Waals surface area (Å²) in [6, 6.07) is 13.4. The fourth-order valence-electron chi connectivity index (χ4n) is 4.80. The molecule has 0 spiro atoms. The molecule has 1 fully saturated rings. The second kappa shape index (κ2) is 15.5. The van der Waals surface area contributed by atoms with Gasteiger partial charge in [-0.2, -0.15) is 18.3 Å². The number of halogens is 3. The summed E-state index contributed by atoms with van der Waals surface area (Å²) in [6.07, 6.45) is -6.32. The van der Waals surface area contributed by atoms with E-state index in [1.807, 2.05) is 6.07 Å². The van der Waals surface area contributed by atoms with E-state index < -0.39 is 84.5 Å². The Hall–Kier alpha value is -5.41. The van der Waals surface area contributed by atoms with Crippen LogP contribution in [0, 0.1) is 5.92 Å². The van der Waals surface area contributed by atoms with Crippen LogP contribution in [-0.2, 0) is 36.7 Å². The Balaban J connectivity index is 1.40. The third kappa shape index (κ3) is 9.11. The zero-order valence-corrected chi connectivity index (χ0v) is 26.0. The predicted octanol–water partition coefficient (Wildman–Crippen LogP) is 3.35. The van der Waals surface area contributed by atoms with Crippen molar-refractivity contribution in [2.75, 3.05) is 13.2 Å². The van der Waals surface area contributed by atoms with E-state index in [1.165, 1.54) is 17.0 Å². The van der Waals surface area contributed by atoms with E-state index in [0.29, 0.717) is 6.07 Å². The number of ketones is 1. The Kier molecular flexibility index (Phi) is 11.4. The molecule has 256 valence electrons. The van der Waals surface area contributed by atoms with Crippen molar-refractivity contribution in [1.82, 2.24) is 25.3 Å². The molecule has 0 unspecified atom stereocenters. The van der Waals surface area contributed by atoms with E-state index in [9.17, 15) is 42.3 Å². The van der Waals surface area contributed by atoms with Crippen LogP contribution in [0.3, 0.4) is 0 Å². The zero-order chi connectivity index (χ0) is 35.0. The number of carbonyl (C=O) groups excluding carboxylic acids is 4. The summed E-state index contributed by atoms with van der Waals surface area (Å²) in [7, 11) is 0. The number of carbonyl (C=O) groups is 5. The maximum absolute atomic E-state index is 13.4. The lowest BCUT2D eigenvalue weighted by molar-refractivity contribution is -0.151. The number of likely N-dealkylation sites (tertiary alicyclic amines) is 1. The standard InChI is InChI=1S/C32H34F3N5O8/c1-19(2)28(37-31(46)48-17-20-9-5-3-6-10-20)30(45)39-14-13-23(39)29(44)36-22(15-27(42)43)24(41)18-47-26-16-25(32(33,34)35)38-40(26)21-11-7-4-8-12-21/h3-12,16,19,22-23,28H,13-15,17-18H2,1-2H3,(H,36,44)(H,37,46)(H,42,43)/t22-,23-,28-/m0/s1. The van der Waals surface area contributed by atoms with Gasteiger partial charge in [-0.05, 0) is 30.0 Å². The van der Waals surface area contributed by atoms with Gasteiger partial charge in [0.15, 0.2) is 18.1 Å². The molecule has 2 heterocycles. The highest BCUT2D eigenvalue weighted by Gasteiger charge is 2.43. The van der Waals surface area contributed by atoms with Crippen LogP contribution in [0.5, 0.6) is 5.88 Å². The van der Waals surface area contributed by atoms with Gasteiger partial charge >= 0.3 is 18.2 Å². The molecule has 3 aromatic rings. The molecule has 0 saturated carbocycles. The molecule has 1 aliphatic heterocycles. The molecular formula is C32H34F3N5O8. The molecule has 3 amide bonds. The second-order valence-electron chi connectivity index (χ2n) is 11.3. The van der Waals surface area contributed by atoms with E-state index in [0.717, 1.165) is 10.2 Å². The molecule has 4 rings (SSSR count). The van der Waals surface area contributed by atoms with Crippen LogP contribution in [0.1, 0.15) is 37.9 Å². The summed E-state index contributed by atoms with van der Waals surface area (Å²) in [4.78, 5) is 64.9. The van der Waals surface area contributed by atoms with Crippen molar-refractivity contribution in [3.63, 3.8) is 0 Å². The smallest absolute Gasteiger partial charge is 0.435 e. The Morgan fingerprint density at radius 2 is 1.65 bits per heavy atom. The first-order chi connectivity index (χ1) is 22.7. The number of hydrogen-bond donors (Lipinski definition) is 3. The topological polar surface area (TPSA) is 169 Å². The molecule has 48 heavy (non-hydrogen) atoms. The normalized spacial score (nSPS) is 15.5. The van der Waals surface area contributed by atoms with Gasteiger partial charge in [0.1, 0.15) is 24.7 Å². The fraction of sp³-hybridized carbons (Fsp3) is 0.375. The molecule has 0 radical (unpaired) electrons. The number of ether oxygens (including phenoxy) is 2. The fourth-order valence-corrected chi connectivity index (χ4v) is 4.80. The molecule has 1 aromatic heterocycles. The maximum atomic E-state index is 13.4. The van der Waals surface area contributed by atoms with Crippen LogP contribution < -0.4 is 15.4 Å². The van der Waals surface area contributed by atoms with Crippen LogP contribution in [-0.4, -0.2) is 80.7 Å². The summed E-state index contributed by atoms with van der Waals surface area (Å²) in [5, 5.41) is 17.8. The second-order valence-corrected chi connectivity index (χ2v) is 11.3. The lowest BCUT2D eigenvalue weighted by Crippen LogP contribution is -2.64. The van der Waals surface area contributed by atoms with Crippen molar-refractivity contribution in [3.8, 4) is 11.6 Å². The van der Waals surface area contributed by atoms with Crippen LogP contribution in [0.4, 0.5) is 18.0 Å². The number of hydrogen-bond acceptors (Lipinski definition) is 8. The number of alkyl carbamates (subject to hydrolysis) is 1. The van der Waals surface area contributed by atoms with Crippen molar-refractivity contribution < 1.29 is 51.7 Å². The number of amides is 3. The SMILES string of the molecule is CC(C)[C@H](NC(=O)OCc1ccccc1)C(=O)N1CC[C@H]1C(=O)N[C@@H](CC(=O)O)C(=O)COc1cc(C(F)(F)F)nn1-c1ccccc1. The molecule has 16 heteroatoms. The lowest BCUT2D eigenvalue weighted by atomic mass is 9.96. The van der Waals surface area contributed by atoms with E-state index in [1.54, 1.807) is 56.3 Å². The number of benzene rings is 2. The van der Waals surface area contributed by atoms with Crippen molar-refractivity contribution in [1.29, 1.82) is 0 Å². The highest BCUT2D eigenvalue weighted by atomic mass is 19.4. The van der Waals surface area contributed by atoms with Gasteiger partial charge in [0, 0.05) is 12.6 Å². The Labute approximate surface area is 273 Å². The third-order valence-electron chi connectivity index (χ3n) is 7.44. The van der Waals surface area contributed by atoms with Gasteiger partial charge in [0.2, 0.25) is 17.7 Å². The average Bonchev–Trinajstić information content (AvgIpc) is 3.46. The van der Waals surface area contributed by atoms with Gasteiger partial charge in [-0.25, -0.2) is 9.48 Å². The van der Waals surface area contributed by atoms with Gasteiger partial charge in [-0.15, -0.1) is 0 Å². The first-order valence-corrected chi connectivity index (χ1v) is 14.9. The molecule has 1 saturated heterocycles. The molecular weight excluding hydrogens is 639 g/mol. The predicted molar refractivity (Wildman–Crippen MR) is 162 cm³/mol. The van der Waals surface area contributed by atoms with Crippen LogP contribution in [0.2, 0.25) is 0 Å². The minimum Gasteiger partial charge on any atom is -0.481 e. The van der Waals surface area contributed by atoms with Crippen molar-refractivity contribution in [3.05, 3.63) is 78.0 Å². The molecule has 0 bridgehead atoms. The number of carboxylic acid groups (broad SMARTS) is 1. The number of alkyl halides is 3. The highest BCUT2D eigenvalue weighted by molar-refractivity contribution is 5.97.